The second-order valence-electron chi connectivity index (χ2n) is 2.62. The number of ketones is 1. The first kappa shape index (κ1) is 14.2. The zero-order valence-electron chi connectivity index (χ0n) is 9.42. The molecule has 0 bridgehead atoms. The summed E-state index contributed by atoms with van der Waals surface area (Å²) in [7, 11) is 0. The Kier molecular flexibility index (Phi) is 8.01. The average molecular weight is 273 g/mol. The first-order valence-corrected chi connectivity index (χ1v) is 6.16. The molecule has 84 valence electrons. The lowest BCUT2D eigenvalue weighted by atomic mass is 10.1. The molecule has 0 radical (unpaired) electrons. The van der Waals surface area contributed by atoms with Gasteiger partial charge in [0, 0.05) is 10.9 Å². The molecule has 0 amide bonds. The van der Waals surface area contributed by atoms with Gasteiger partial charge in [-0.2, -0.15) is 0 Å². The Morgan fingerprint density at radius 1 is 1.27 bits per heavy atom. The van der Waals surface area contributed by atoms with Crippen LogP contribution in [-0.2, 0) is 0 Å². The lowest BCUT2D eigenvalue weighted by Crippen LogP contribution is -1.98. The SMILES string of the molecule is CC.CC(=O)c1ccc(OCCBr)cc1. The Hall–Kier alpha value is -0.830. The van der Waals surface area contributed by atoms with E-state index >= 15 is 0 Å². The molecule has 0 aliphatic heterocycles. The van der Waals surface area contributed by atoms with Crippen molar-refractivity contribution in [2.24, 2.45) is 0 Å². The molecule has 0 aliphatic carbocycles. The van der Waals surface area contributed by atoms with Crippen molar-refractivity contribution >= 4 is 21.7 Å². The molecule has 0 saturated carbocycles. The highest BCUT2D eigenvalue weighted by Gasteiger charge is 1.98. The minimum absolute atomic E-state index is 0.0760. The fourth-order valence-corrected chi connectivity index (χ4v) is 1.10. The fraction of sp³-hybridized carbons (Fsp3) is 0.417. The summed E-state index contributed by atoms with van der Waals surface area (Å²) in [6.45, 7) is 6.19. The van der Waals surface area contributed by atoms with Crippen LogP contribution in [0.2, 0.25) is 0 Å². The molecular formula is C12H17BrO2. The average Bonchev–Trinajstić information content (AvgIpc) is 2.29. The number of benzene rings is 1. The molecule has 0 aromatic heterocycles. The van der Waals surface area contributed by atoms with Gasteiger partial charge in [0.05, 0.1) is 6.61 Å². The highest BCUT2D eigenvalue weighted by atomic mass is 79.9. The first-order valence-electron chi connectivity index (χ1n) is 5.04. The van der Waals surface area contributed by atoms with E-state index in [9.17, 15) is 4.79 Å². The standard InChI is InChI=1S/C10H11BrO2.C2H6/c1-8(12)9-2-4-10(5-3-9)13-7-6-11;1-2/h2-5H,6-7H2,1H3;1-2H3. The predicted molar refractivity (Wildman–Crippen MR) is 67.1 cm³/mol. The zero-order chi connectivity index (χ0) is 11.7. The summed E-state index contributed by atoms with van der Waals surface area (Å²) < 4.78 is 5.33. The highest BCUT2D eigenvalue weighted by Crippen LogP contribution is 2.12. The largest absolute Gasteiger partial charge is 0.493 e. The molecule has 1 aromatic rings. The predicted octanol–water partition coefficient (Wildman–Crippen LogP) is 3.69. The van der Waals surface area contributed by atoms with Crippen LogP contribution in [0.4, 0.5) is 0 Å². The van der Waals surface area contributed by atoms with Crippen molar-refractivity contribution in [3.8, 4) is 5.75 Å². The van der Waals surface area contributed by atoms with Crippen LogP contribution in [-0.4, -0.2) is 17.7 Å². The molecule has 0 unspecified atom stereocenters. The fourth-order valence-electron chi connectivity index (χ4n) is 0.942. The number of rotatable bonds is 4. The third kappa shape index (κ3) is 5.57. The molecule has 0 spiro atoms. The summed E-state index contributed by atoms with van der Waals surface area (Å²) >= 11 is 3.27. The van der Waals surface area contributed by atoms with Gasteiger partial charge in [-0.3, -0.25) is 4.79 Å². The van der Waals surface area contributed by atoms with Crippen molar-refractivity contribution in [3.05, 3.63) is 29.8 Å². The maximum Gasteiger partial charge on any atom is 0.159 e. The van der Waals surface area contributed by atoms with E-state index in [1.54, 1.807) is 31.2 Å². The molecule has 1 aromatic carbocycles. The quantitative estimate of drug-likeness (QED) is 0.617. The summed E-state index contributed by atoms with van der Waals surface area (Å²) in [5.74, 6) is 0.872. The van der Waals surface area contributed by atoms with Crippen LogP contribution in [0, 0.1) is 0 Å². The lowest BCUT2D eigenvalue weighted by molar-refractivity contribution is 0.101. The number of halogens is 1. The summed E-state index contributed by atoms with van der Waals surface area (Å²) in [4.78, 5) is 10.9. The van der Waals surface area contributed by atoms with Gasteiger partial charge in [0.1, 0.15) is 5.75 Å². The maximum absolute atomic E-state index is 10.9. The Labute approximate surface area is 99.8 Å². The van der Waals surface area contributed by atoms with E-state index in [-0.39, 0.29) is 5.78 Å². The van der Waals surface area contributed by atoms with Gasteiger partial charge in [0.15, 0.2) is 5.78 Å². The Bertz CT molecular complexity index is 280. The monoisotopic (exact) mass is 272 g/mol. The van der Waals surface area contributed by atoms with E-state index in [4.69, 9.17) is 4.74 Å². The number of alkyl halides is 1. The highest BCUT2D eigenvalue weighted by molar-refractivity contribution is 9.09. The van der Waals surface area contributed by atoms with Gasteiger partial charge in [0.25, 0.3) is 0 Å². The molecule has 0 saturated heterocycles. The summed E-state index contributed by atoms with van der Waals surface area (Å²) in [6, 6.07) is 7.15. The van der Waals surface area contributed by atoms with E-state index in [1.807, 2.05) is 13.8 Å². The summed E-state index contributed by atoms with van der Waals surface area (Å²) in [6.07, 6.45) is 0. The minimum Gasteiger partial charge on any atom is -0.493 e. The van der Waals surface area contributed by atoms with Gasteiger partial charge in [0.2, 0.25) is 0 Å². The molecule has 0 heterocycles. The van der Waals surface area contributed by atoms with Gasteiger partial charge in [-0.15, -0.1) is 0 Å². The van der Waals surface area contributed by atoms with Crippen LogP contribution >= 0.6 is 15.9 Å². The van der Waals surface area contributed by atoms with Crippen molar-refractivity contribution in [2.45, 2.75) is 20.8 Å². The molecule has 0 N–H and O–H groups in total. The molecule has 15 heavy (non-hydrogen) atoms. The number of hydrogen-bond donors (Lipinski definition) is 0. The number of carbonyl (C=O) groups excluding carboxylic acids is 1. The Balaban J connectivity index is 0.000000921. The van der Waals surface area contributed by atoms with E-state index in [1.165, 1.54) is 0 Å². The molecule has 0 aliphatic rings. The second kappa shape index (κ2) is 8.48. The third-order valence-corrected chi connectivity index (χ3v) is 1.93. The van der Waals surface area contributed by atoms with Crippen LogP contribution in [0.15, 0.2) is 24.3 Å². The van der Waals surface area contributed by atoms with E-state index in [0.717, 1.165) is 11.1 Å². The van der Waals surface area contributed by atoms with E-state index in [2.05, 4.69) is 15.9 Å². The van der Waals surface area contributed by atoms with Crippen molar-refractivity contribution in [3.63, 3.8) is 0 Å². The van der Waals surface area contributed by atoms with Crippen molar-refractivity contribution in [2.75, 3.05) is 11.9 Å². The smallest absolute Gasteiger partial charge is 0.159 e. The van der Waals surface area contributed by atoms with E-state index < -0.39 is 0 Å². The van der Waals surface area contributed by atoms with E-state index in [0.29, 0.717) is 12.2 Å². The lowest BCUT2D eigenvalue weighted by Gasteiger charge is -2.03. The van der Waals surface area contributed by atoms with Crippen LogP contribution in [0.3, 0.4) is 0 Å². The molecule has 1 rings (SSSR count). The Morgan fingerprint density at radius 2 is 1.80 bits per heavy atom. The molecular weight excluding hydrogens is 256 g/mol. The zero-order valence-corrected chi connectivity index (χ0v) is 11.0. The normalized spacial score (nSPS) is 8.80. The van der Waals surface area contributed by atoms with Crippen LogP contribution in [0.25, 0.3) is 0 Å². The second-order valence-corrected chi connectivity index (χ2v) is 3.41. The Morgan fingerprint density at radius 3 is 2.20 bits per heavy atom. The number of hydrogen-bond acceptors (Lipinski definition) is 2. The van der Waals surface area contributed by atoms with Gasteiger partial charge in [-0.05, 0) is 31.2 Å². The first-order chi connectivity index (χ1) is 7.24. The maximum atomic E-state index is 10.9. The van der Waals surface area contributed by atoms with Gasteiger partial charge in [-0.1, -0.05) is 29.8 Å². The third-order valence-electron chi connectivity index (χ3n) is 1.61. The number of carbonyl (C=O) groups is 1. The molecule has 2 nitrogen and oxygen atoms in total. The van der Waals surface area contributed by atoms with Gasteiger partial charge < -0.3 is 4.74 Å². The molecule has 0 fully saturated rings. The number of Topliss-reactive ketones (excluding diaryl/α,β-unsaturated/α-hetero) is 1. The topological polar surface area (TPSA) is 26.3 Å². The summed E-state index contributed by atoms with van der Waals surface area (Å²) in [5, 5.41) is 0.807. The number of ether oxygens (including phenoxy) is 1. The molecule has 0 atom stereocenters. The van der Waals surface area contributed by atoms with Crippen LogP contribution in [0.5, 0.6) is 5.75 Å². The van der Waals surface area contributed by atoms with Crippen LogP contribution < -0.4 is 4.74 Å². The van der Waals surface area contributed by atoms with Crippen molar-refractivity contribution in [1.29, 1.82) is 0 Å². The van der Waals surface area contributed by atoms with Crippen LogP contribution in [0.1, 0.15) is 31.1 Å². The summed E-state index contributed by atoms with van der Waals surface area (Å²) in [5.41, 5.74) is 0.714. The molecule has 3 heteroatoms. The minimum atomic E-state index is 0.0760. The van der Waals surface area contributed by atoms with Crippen molar-refractivity contribution in [1.82, 2.24) is 0 Å². The van der Waals surface area contributed by atoms with Gasteiger partial charge >= 0.3 is 0 Å². The van der Waals surface area contributed by atoms with Gasteiger partial charge in [-0.25, -0.2) is 0 Å². The van der Waals surface area contributed by atoms with Crippen molar-refractivity contribution < 1.29 is 9.53 Å².